The summed E-state index contributed by atoms with van der Waals surface area (Å²) < 4.78 is 7.41. The van der Waals surface area contributed by atoms with Crippen molar-refractivity contribution in [2.45, 2.75) is 53.0 Å². The van der Waals surface area contributed by atoms with E-state index in [1.807, 2.05) is 49.1 Å². The fourth-order valence-corrected chi connectivity index (χ4v) is 4.15. The van der Waals surface area contributed by atoms with Crippen LogP contribution < -0.4 is 10.1 Å². The topological polar surface area (TPSA) is 63.6 Å². The molecule has 0 atom stereocenters. The quantitative estimate of drug-likeness (QED) is 0.785. The minimum atomic E-state index is -0.0517. The number of aromatic nitrogens is 1. The molecule has 0 bridgehead atoms. The molecule has 1 aromatic heterocycles. The van der Waals surface area contributed by atoms with Gasteiger partial charge in [-0.05, 0) is 50.8 Å². The Kier molecular flexibility index (Phi) is 6.85. The van der Waals surface area contributed by atoms with Gasteiger partial charge in [0.15, 0.2) is 0 Å². The number of ether oxygens (including phenoxy) is 1. The van der Waals surface area contributed by atoms with Crippen LogP contribution in [0.1, 0.15) is 54.9 Å². The van der Waals surface area contributed by atoms with E-state index in [9.17, 15) is 9.59 Å². The molecular weight excluding hydrogens is 378 g/mol. The number of methoxy groups -OCH3 is 1. The van der Waals surface area contributed by atoms with Gasteiger partial charge in [-0.2, -0.15) is 0 Å². The lowest BCUT2D eigenvalue weighted by Crippen LogP contribution is -2.46. The number of nitrogens with zero attached hydrogens (tertiary/aromatic N) is 2. The monoisotopic (exact) mass is 411 g/mol. The summed E-state index contributed by atoms with van der Waals surface area (Å²) >= 11 is 0. The standard InChI is InChI=1S/C24H33N3O3/c1-16(2)13-23(28)26-11-9-19(10-12-26)25-24(29)22-14-17(3)27(18(22)4)20-7-6-8-21(15-20)30-5/h6-8,14-16,19H,9-13H2,1-5H3,(H,25,29). The number of carbonyl (C=O) groups is 2. The smallest absolute Gasteiger partial charge is 0.253 e. The van der Waals surface area contributed by atoms with Crippen molar-refractivity contribution in [3.8, 4) is 11.4 Å². The van der Waals surface area contributed by atoms with Crippen LogP contribution in [0.4, 0.5) is 0 Å². The molecule has 162 valence electrons. The predicted octanol–water partition coefficient (Wildman–Crippen LogP) is 3.87. The Bertz CT molecular complexity index is 908. The highest BCUT2D eigenvalue weighted by atomic mass is 16.5. The average molecular weight is 412 g/mol. The van der Waals surface area contributed by atoms with Crippen LogP contribution in [0.3, 0.4) is 0 Å². The third-order valence-electron chi connectivity index (χ3n) is 5.75. The molecule has 1 aromatic carbocycles. The summed E-state index contributed by atoms with van der Waals surface area (Å²) in [6.45, 7) is 9.51. The van der Waals surface area contributed by atoms with Crippen molar-refractivity contribution in [1.29, 1.82) is 0 Å². The van der Waals surface area contributed by atoms with Crippen molar-refractivity contribution in [3.05, 3.63) is 47.3 Å². The largest absolute Gasteiger partial charge is 0.497 e. The summed E-state index contributed by atoms with van der Waals surface area (Å²) in [6, 6.07) is 9.86. The Morgan fingerprint density at radius 2 is 1.87 bits per heavy atom. The molecule has 0 radical (unpaired) electrons. The molecule has 1 N–H and O–H groups in total. The van der Waals surface area contributed by atoms with Gasteiger partial charge in [0.1, 0.15) is 5.75 Å². The Hall–Kier alpha value is -2.76. The first-order chi connectivity index (χ1) is 14.3. The van der Waals surface area contributed by atoms with Gasteiger partial charge in [0.25, 0.3) is 5.91 Å². The number of aryl methyl sites for hydroxylation is 1. The third-order valence-corrected chi connectivity index (χ3v) is 5.75. The zero-order chi connectivity index (χ0) is 21.8. The zero-order valence-electron chi connectivity index (χ0n) is 18.7. The molecule has 6 heteroatoms. The number of hydrogen-bond donors (Lipinski definition) is 1. The molecule has 1 aliphatic rings. The fourth-order valence-electron chi connectivity index (χ4n) is 4.15. The number of hydrogen-bond acceptors (Lipinski definition) is 3. The minimum absolute atomic E-state index is 0.0517. The first-order valence-electron chi connectivity index (χ1n) is 10.7. The van der Waals surface area contributed by atoms with E-state index >= 15 is 0 Å². The van der Waals surface area contributed by atoms with E-state index < -0.39 is 0 Å². The predicted molar refractivity (Wildman–Crippen MR) is 118 cm³/mol. The Labute approximate surface area is 179 Å². The normalized spacial score (nSPS) is 14.8. The molecular formula is C24H33N3O3. The fraction of sp³-hybridized carbons (Fsp3) is 0.500. The van der Waals surface area contributed by atoms with Gasteiger partial charge in [-0.15, -0.1) is 0 Å². The second-order valence-corrected chi connectivity index (χ2v) is 8.55. The second kappa shape index (κ2) is 9.37. The maximum Gasteiger partial charge on any atom is 0.253 e. The number of carbonyl (C=O) groups excluding carboxylic acids is 2. The molecule has 6 nitrogen and oxygen atoms in total. The van der Waals surface area contributed by atoms with E-state index in [1.165, 1.54) is 0 Å². The van der Waals surface area contributed by atoms with E-state index in [-0.39, 0.29) is 17.9 Å². The number of likely N-dealkylation sites (tertiary alicyclic amines) is 1. The highest BCUT2D eigenvalue weighted by Crippen LogP contribution is 2.24. The van der Waals surface area contributed by atoms with Crippen molar-refractivity contribution in [1.82, 2.24) is 14.8 Å². The number of benzene rings is 1. The Morgan fingerprint density at radius 1 is 1.17 bits per heavy atom. The van der Waals surface area contributed by atoms with Crippen molar-refractivity contribution < 1.29 is 14.3 Å². The van der Waals surface area contributed by atoms with Gasteiger partial charge in [0.2, 0.25) is 5.91 Å². The summed E-state index contributed by atoms with van der Waals surface area (Å²) in [7, 11) is 1.65. The SMILES string of the molecule is COc1cccc(-n2c(C)cc(C(=O)NC3CCN(C(=O)CC(C)C)CC3)c2C)c1. The Morgan fingerprint density at radius 3 is 2.50 bits per heavy atom. The molecule has 1 fully saturated rings. The molecule has 0 aliphatic carbocycles. The first kappa shape index (κ1) is 21.9. The summed E-state index contributed by atoms with van der Waals surface area (Å²) in [5.41, 5.74) is 3.57. The molecule has 0 saturated carbocycles. The van der Waals surface area contributed by atoms with Crippen molar-refractivity contribution >= 4 is 11.8 Å². The van der Waals surface area contributed by atoms with Gasteiger partial charge in [0, 0.05) is 48.7 Å². The summed E-state index contributed by atoms with van der Waals surface area (Å²) in [5.74, 6) is 1.32. The van der Waals surface area contributed by atoms with Crippen molar-refractivity contribution in [2.75, 3.05) is 20.2 Å². The van der Waals surface area contributed by atoms with Crippen LogP contribution in [0.25, 0.3) is 5.69 Å². The molecule has 3 rings (SSSR count). The zero-order valence-corrected chi connectivity index (χ0v) is 18.7. The molecule has 0 spiro atoms. The van der Waals surface area contributed by atoms with Crippen LogP contribution in [0.2, 0.25) is 0 Å². The van der Waals surface area contributed by atoms with Gasteiger partial charge in [-0.1, -0.05) is 19.9 Å². The maximum absolute atomic E-state index is 13.0. The summed E-state index contributed by atoms with van der Waals surface area (Å²) in [5, 5.41) is 3.18. The van der Waals surface area contributed by atoms with Gasteiger partial charge in [0.05, 0.1) is 12.7 Å². The van der Waals surface area contributed by atoms with Gasteiger partial charge in [-0.3, -0.25) is 9.59 Å². The third kappa shape index (κ3) is 4.86. The highest BCUT2D eigenvalue weighted by molar-refractivity contribution is 5.96. The molecule has 0 unspecified atom stereocenters. The van der Waals surface area contributed by atoms with Crippen LogP contribution >= 0.6 is 0 Å². The van der Waals surface area contributed by atoms with Crippen LogP contribution in [0.15, 0.2) is 30.3 Å². The lowest BCUT2D eigenvalue weighted by Gasteiger charge is -2.32. The Balaban J connectivity index is 1.66. The van der Waals surface area contributed by atoms with Crippen LogP contribution in [0.5, 0.6) is 5.75 Å². The maximum atomic E-state index is 13.0. The van der Waals surface area contributed by atoms with Crippen LogP contribution in [-0.2, 0) is 4.79 Å². The van der Waals surface area contributed by atoms with E-state index in [4.69, 9.17) is 4.74 Å². The minimum Gasteiger partial charge on any atom is -0.497 e. The van der Waals surface area contributed by atoms with Crippen LogP contribution in [-0.4, -0.2) is 47.5 Å². The molecule has 30 heavy (non-hydrogen) atoms. The number of piperidine rings is 1. The van der Waals surface area contributed by atoms with Crippen molar-refractivity contribution in [2.24, 2.45) is 5.92 Å². The lowest BCUT2D eigenvalue weighted by atomic mass is 10.0. The number of rotatable bonds is 6. The number of nitrogens with one attached hydrogen (secondary N) is 1. The molecule has 2 aromatic rings. The first-order valence-corrected chi connectivity index (χ1v) is 10.7. The average Bonchev–Trinajstić information content (AvgIpc) is 3.02. The highest BCUT2D eigenvalue weighted by Gasteiger charge is 2.25. The summed E-state index contributed by atoms with van der Waals surface area (Å²) in [4.78, 5) is 27.2. The summed E-state index contributed by atoms with van der Waals surface area (Å²) in [6.07, 6.45) is 2.18. The van der Waals surface area contributed by atoms with E-state index in [0.29, 0.717) is 31.0 Å². The van der Waals surface area contributed by atoms with Gasteiger partial charge in [-0.25, -0.2) is 0 Å². The molecule has 2 amide bonds. The van der Waals surface area contributed by atoms with E-state index in [2.05, 4.69) is 23.7 Å². The molecule has 2 heterocycles. The van der Waals surface area contributed by atoms with Gasteiger partial charge < -0.3 is 19.5 Å². The second-order valence-electron chi connectivity index (χ2n) is 8.55. The van der Waals surface area contributed by atoms with Crippen LogP contribution in [0, 0.1) is 19.8 Å². The lowest BCUT2D eigenvalue weighted by molar-refractivity contribution is -0.133. The molecule has 1 saturated heterocycles. The van der Waals surface area contributed by atoms with Gasteiger partial charge >= 0.3 is 0 Å². The molecule has 1 aliphatic heterocycles. The number of amides is 2. The van der Waals surface area contributed by atoms with E-state index in [0.717, 1.165) is 35.7 Å². The van der Waals surface area contributed by atoms with E-state index in [1.54, 1.807) is 7.11 Å². The van der Waals surface area contributed by atoms with Crippen molar-refractivity contribution in [3.63, 3.8) is 0 Å².